The number of hydrogen-bond donors (Lipinski definition) is 2. The van der Waals surface area contributed by atoms with E-state index in [2.05, 4.69) is 35.9 Å². The summed E-state index contributed by atoms with van der Waals surface area (Å²) in [6.45, 7) is 4.80. The molecule has 0 bridgehead atoms. The topological polar surface area (TPSA) is 63.5 Å². The molecule has 1 atom stereocenters. The molecule has 0 aliphatic carbocycles. The number of nitrogens with one attached hydrogen (secondary N) is 1. The molecule has 0 aliphatic rings. The summed E-state index contributed by atoms with van der Waals surface area (Å²) in [5.41, 5.74) is 3.97. The van der Waals surface area contributed by atoms with Crippen LogP contribution in [0.15, 0.2) is 36.4 Å². The molecule has 0 aliphatic heterocycles. The monoisotopic (exact) mass is 316 g/mol. The summed E-state index contributed by atoms with van der Waals surface area (Å²) in [6, 6.07) is 11.6. The van der Waals surface area contributed by atoms with Crippen molar-refractivity contribution in [2.45, 2.75) is 26.4 Å². The van der Waals surface area contributed by atoms with Gasteiger partial charge in [0.25, 0.3) is 5.91 Å². The lowest BCUT2D eigenvalue weighted by atomic mass is 10.2. The lowest BCUT2D eigenvalue weighted by Gasteiger charge is -2.12. The molecule has 5 nitrogen and oxygen atoms in total. The first kappa shape index (κ1) is 17.2. The fourth-order valence-electron chi connectivity index (χ4n) is 2.57. The Balaban J connectivity index is 1.95. The quantitative estimate of drug-likeness (QED) is 0.823. The Morgan fingerprint density at radius 1 is 1.17 bits per heavy atom. The average Bonchev–Trinajstić information content (AvgIpc) is 2.86. The molecule has 5 heteroatoms. The summed E-state index contributed by atoms with van der Waals surface area (Å²) in [4.78, 5) is 12.1. The van der Waals surface area contributed by atoms with Crippen LogP contribution in [-0.4, -0.2) is 41.9 Å². The molecule has 2 N–H and O–H groups in total. The molecule has 2 aromatic rings. The molecule has 2 rings (SSSR count). The van der Waals surface area contributed by atoms with Gasteiger partial charge in [-0.2, -0.15) is 0 Å². The molecular formula is C18H24N2O3. The van der Waals surface area contributed by atoms with Gasteiger partial charge in [0.15, 0.2) is 0 Å². The normalized spacial score (nSPS) is 12.2. The number of hydrogen-bond acceptors (Lipinski definition) is 3. The van der Waals surface area contributed by atoms with Crippen LogP contribution in [-0.2, 0) is 4.74 Å². The van der Waals surface area contributed by atoms with E-state index in [1.807, 2.05) is 24.3 Å². The van der Waals surface area contributed by atoms with Crippen molar-refractivity contribution in [1.82, 2.24) is 9.88 Å². The molecule has 0 fully saturated rings. The van der Waals surface area contributed by atoms with Gasteiger partial charge in [0.05, 0.1) is 12.7 Å². The minimum atomic E-state index is -0.553. The Bertz CT molecular complexity index is 627. The largest absolute Gasteiger partial charge is 0.391 e. The lowest BCUT2D eigenvalue weighted by molar-refractivity contribution is 0.0587. The van der Waals surface area contributed by atoms with E-state index in [0.717, 1.165) is 17.1 Å². The Morgan fingerprint density at radius 3 is 2.35 bits per heavy atom. The van der Waals surface area contributed by atoms with Crippen molar-refractivity contribution < 1.29 is 14.6 Å². The van der Waals surface area contributed by atoms with Crippen LogP contribution in [0.4, 0.5) is 0 Å². The molecule has 1 aromatic carbocycles. The van der Waals surface area contributed by atoms with E-state index in [1.54, 1.807) is 0 Å². The number of carbonyl (C=O) groups is 1. The smallest absolute Gasteiger partial charge is 0.251 e. The summed E-state index contributed by atoms with van der Waals surface area (Å²) in [5, 5.41) is 12.4. The van der Waals surface area contributed by atoms with Crippen molar-refractivity contribution in [3.63, 3.8) is 0 Å². The molecule has 124 valence electrons. The van der Waals surface area contributed by atoms with E-state index < -0.39 is 6.10 Å². The Morgan fingerprint density at radius 2 is 1.78 bits per heavy atom. The number of aromatic nitrogens is 1. The maximum Gasteiger partial charge on any atom is 0.251 e. The first-order valence-corrected chi connectivity index (χ1v) is 7.73. The van der Waals surface area contributed by atoms with E-state index in [0.29, 0.717) is 18.5 Å². The molecule has 0 radical (unpaired) electrons. The number of aliphatic hydroxyl groups is 1. The number of methoxy groups -OCH3 is 1. The first-order chi connectivity index (χ1) is 11.0. The second-order valence-electron chi connectivity index (χ2n) is 5.65. The summed E-state index contributed by atoms with van der Waals surface area (Å²) in [7, 11) is 1.54. The van der Waals surface area contributed by atoms with Crippen molar-refractivity contribution in [2.24, 2.45) is 0 Å². The van der Waals surface area contributed by atoms with Gasteiger partial charge < -0.3 is 19.7 Å². The number of ether oxygens (including phenoxy) is 1. The molecular weight excluding hydrogens is 292 g/mol. The summed E-state index contributed by atoms with van der Waals surface area (Å²) in [5.74, 6) is -0.137. The third kappa shape index (κ3) is 4.43. The molecule has 1 aromatic heterocycles. The van der Waals surface area contributed by atoms with Crippen LogP contribution in [0.2, 0.25) is 0 Å². The molecule has 0 spiro atoms. The molecule has 0 saturated heterocycles. The molecule has 1 heterocycles. The summed E-state index contributed by atoms with van der Waals surface area (Å²) < 4.78 is 6.99. The van der Waals surface area contributed by atoms with E-state index >= 15 is 0 Å². The predicted octanol–water partition coefficient (Wildman–Crippen LogP) is 2.22. The number of aliphatic hydroxyl groups excluding tert-OH is 1. The van der Waals surface area contributed by atoms with Crippen molar-refractivity contribution in [3.05, 3.63) is 53.3 Å². The van der Waals surface area contributed by atoms with E-state index in [4.69, 9.17) is 4.74 Å². The SMILES string of the molecule is COCC(O)CCNC(=O)c1ccc(-n2c(C)ccc2C)cc1. The zero-order valence-corrected chi connectivity index (χ0v) is 13.9. The van der Waals surface area contributed by atoms with Gasteiger partial charge in [0.1, 0.15) is 0 Å². The van der Waals surface area contributed by atoms with Gasteiger partial charge in [-0.05, 0) is 56.7 Å². The van der Waals surface area contributed by atoms with Gasteiger partial charge in [-0.3, -0.25) is 4.79 Å². The van der Waals surface area contributed by atoms with Crippen LogP contribution in [0.3, 0.4) is 0 Å². The molecule has 1 unspecified atom stereocenters. The minimum Gasteiger partial charge on any atom is -0.391 e. The van der Waals surface area contributed by atoms with E-state index in [1.165, 1.54) is 7.11 Å². The highest BCUT2D eigenvalue weighted by molar-refractivity contribution is 5.94. The second kappa shape index (κ2) is 7.94. The zero-order chi connectivity index (χ0) is 16.8. The highest BCUT2D eigenvalue weighted by Gasteiger charge is 2.09. The summed E-state index contributed by atoms with van der Waals surface area (Å²) in [6.07, 6.45) is -0.0817. The number of carbonyl (C=O) groups excluding carboxylic acids is 1. The van der Waals surface area contributed by atoms with Crippen LogP contribution < -0.4 is 5.32 Å². The highest BCUT2D eigenvalue weighted by Crippen LogP contribution is 2.16. The fraction of sp³-hybridized carbons (Fsp3) is 0.389. The van der Waals surface area contributed by atoms with Gasteiger partial charge in [0, 0.05) is 36.3 Å². The van der Waals surface area contributed by atoms with Gasteiger partial charge in [-0.25, -0.2) is 0 Å². The van der Waals surface area contributed by atoms with Gasteiger partial charge in [-0.1, -0.05) is 0 Å². The Hall–Kier alpha value is -2.11. The van der Waals surface area contributed by atoms with Crippen LogP contribution in [0.1, 0.15) is 28.2 Å². The van der Waals surface area contributed by atoms with Crippen molar-refractivity contribution in [1.29, 1.82) is 0 Å². The summed E-state index contributed by atoms with van der Waals surface area (Å²) >= 11 is 0. The van der Waals surface area contributed by atoms with Crippen molar-refractivity contribution in [2.75, 3.05) is 20.3 Å². The third-order valence-electron chi connectivity index (χ3n) is 3.78. The van der Waals surface area contributed by atoms with Gasteiger partial charge in [0.2, 0.25) is 0 Å². The number of amides is 1. The number of aryl methyl sites for hydroxylation is 2. The highest BCUT2D eigenvalue weighted by atomic mass is 16.5. The van der Waals surface area contributed by atoms with E-state index in [9.17, 15) is 9.90 Å². The van der Waals surface area contributed by atoms with Crippen LogP contribution in [0, 0.1) is 13.8 Å². The predicted molar refractivity (Wildman–Crippen MR) is 90.1 cm³/mol. The number of nitrogens with zero attached hydrogens (tertiary/aromatic N) is 1. The van der Waals surface area contributed by atoms with Gasteiger partial charge >= 0.3 is 0 Å². The molecule has 0 saturated carbocycles. The van der Waals surface area contributed by atoms with Crippen LogP contribution in [0.25, 0.3) is 5.69 Å². The first-order valence-electron chi connectivity index (χ1n) is 7.73. The van der Waals surface area contributed by atoms with Gasteiger partial charge in [-0.15, -0.1) is 0 Å². The van der Waals surface area contributed by atoms with Crippen LogP contribution in [0.5, 0.6) is 0 Å². The second-order valence-corrected chi connectivity index (χ2v) is 5.65. The average molecular weight is 316 g/mol. The number of benzene rings is 1. The Labute approximate surface area is 136 Å². The van der Waals surface area contributed by atoms with Crippen LogP contribution >= 0.6 is 0 Å². The number of rotatable bonds is 7. The lowest BCUT2D eigenvalue weighted by Crippen LogP contribution is -2.28. The maximum absolute atomic E-state index is 12.1. The van der Waals surface area contributed by atoms with E-state index in [-0.39, 0.29) is 12.5 Å². The standard InChI is InChI=1S/C18H24N2O3/c1-13-4-5-14(2)20(13)16-8-6-15(7-9-16)18(22)19-11-10-17(21)12-23-3/h4-9,17,21H,10-12H2,1-3H3,(H,19,22). The van der Waals surface area contributed by atoms with Crippen molar-refractivity contribution in [3.8, 4) is 5.69 Å². The molecule has 23 heavy (non-hydrogen) atoms. The maximum atomic E-state index is 12.1. The molecule has 1 amide bonds. The minimum absolute atomic E-state index is 0.137. The zero-order valence-electron chi connectivity index (χ0n) is 13.9. The van der Waals surface area contributed by atoms with Crippen molar-refractivity contribution >= 4 is 5.91 Å². The third-order valence-corrected chi connectivity index (χ3v) is 3.78. The fourth-order valence-corrected chi connectivity index (χ4v) is 2.57. The Kier molecular flexibility index (Phi) is 5.96.